The zero-order valence-corrected chi connectivity index (χ0v) is 10.6. The molecule has 86 valence electrons. The molecule has 4 nitrogen and oxygen atoms in total. The van der Waals surface area contributed by atoms with Crippen LogP contribution in [0.1, 0.15) is 18.7 Å². The van der Waals surface area contributed by atoms with Crippen molar-refractivity contribution in [1.82, 2.24) is 4.57 Å². The molecule has 0 aromatic carbocycles. The van der Waals surface area contributed by atoms with Crippen molar-refractivity contribution in [2.75, 3.05) is 5.75 Å². The number of rotatable bonds is 5. The molecule has 15 heavy (non-hydrogen) atoms. The second kappa shape index (κ2) is 4.99. The van der Waals surface area contributed by atoms with Crippen LogP contribution in [0.15, 0.2) is 12.4 Å². The van der Waals surface area contributed by atoms with Crippen molar-refractivity contribution in [3.8, 4) is 0 Å². The number of unbranched alkanes of at least 4 members (excludes halogenated alkanes) is 1. The van der Waals surface area contributed by atoms with Crippen LogP contribution in [-0.2, 0) is 22.6 Å². The standard InChI is InChI=1S/C9H16ClN2O2S/c1-9-11(2)6-7-12(9)5-3-4-8-15(10,13)14/h6-7H,3-5,8H2,1-2H3/q+1. The molecule has 0 N–H and O–H groups in total. The van der Waals surface area contributed by atoms with Crippen LogP contribution in [0.3, 0.4) is 0 Å². The maximum Gasteiger partial charge on any atom is 0.253 e. The lowest BCUT2D eigenvalue weighted by atomic mass is 10.3. The fourth-order valence-electron chi connectivity index (χ4n) is 1.39. The molecular formula is C9H16ClN2O2S+. The third-order valence-electron chi connectivity index (χ3n) is 2.43. The average Bonchev–Trinajstić information content (AvgIpc) is 2.42. The lowest BCUT2D eigenvalue weighted by Crippen LogP contribution is -2.29. The molecule has 0 radical (unpaired) electrons. The van der Waals surface area contributed by atoms with Crippen LogP contribution in [0, 0.1) is 6.92 Å². The van der Waals surface area contributed by atoms with Gasteiger partial charge in [-0.15, -0.1) is 0 Å². The quantitative estimate of drug-likeness (QED) is 0.445. The Bertz CT molecular complexity index is 425. The van der Waals surface area contributed by atoms with Crippen LogP contribution < -0.4 is 4.57 Å². The molecule has 6 heteroatoms. The smallest absolute Gasteiger partial charge is 0.237 e. The summed E-state index contributed by atoms with van der Waals surface area (Å²) in [6.07, 6.45) is 5.40. The van der Waals surface area contributed by atoms with E-state index in [9.17, 15) is 8.42 Å². The van der Waals surface area contributed by atoms with Crippen LogP contribution in [0.2, 0.25) is 0 Å². The Balaban J connectivity index is 2.36. The van der Waals surface area contributed by atoms with E-state index in [0.29, 0.717) is 6.42 Å². The summed E-state index contributed by atoms with van der Waals surface area (Å²) >= 11 is 0. The van der Waals surface area contributed by atoms with E-state index < -0.39 is 9.05 Å². The molecule has 0 aliphatic heterocycles. The first-order valence-electron chi connectivity index (χ1n) is 4.84. The van der Waals surface area contributed by atoms with Crippen LogP contribution in [0.4, 0.5) is 0 Å². The van der Waals surface area contributed by atoms with Crippen LogP contribution in [-0.4, -0.2) is 18.7 Å². The summed E-state index contributed by atoms with van der Waals surface area (Å²) in [4.78, 5) is 0. The molecule has 0 aliphatic rings. The lowest BCUT2D eigenvalue weighted by molar-refractivity contribution is -0.677. The zero-order chi connectivity index (χ0) is 11.5. The molecule has 1 aromatic heterocycles. The first-order chi connectivity index (χ1) is 6.90. The summed E-state index contributed by atoms with van der Waals surface area (Å²) in [5, 5.41) is 0. The van der Waals surface area contributed by atoms with E-state index >= 15 is 0 Å². The minimum atomic E-state index is -3.33. The summed E-state index contributed by atoms with van der Waals surface area (Å²) in [5.74, 6) is 1.21. The van der Waals surface area contributed by atoms with Crippen LogP contribution in [0.25, 0.3) is 0 Å². The third-order valence-corrected chi connectivity index (χ3v) is 3.67. The number of imidazole rings is 1. The molecule has 1 heterocycles. The van der Waals surface area contributed by atoms with Gasteiger partial charge in [-0.2, -0.15) is 0 Å². The van der Waals surface area contributed by atoms with Crippen LogP contribution in [0.5, 0.6) is 0 Å². The van der Waals surface area contributed by atoms with Gasteiger partial charge in [0.25, 0.3) is 5.82 Å². The van der Waals surface area contributed by atoms with Crippen molar-refractivity contribution in [1.29, 1.82) is 0 Å². The Morgan fingerprint density at radius 3 is 2.60 bits per heavy atom. The predicted octanol–water partition coefficient (Wildman–Crippen LogP) is 0.970. The zero-order valence-electron chi connectivity index (χ0n) is 8.98. The molecule has 0 aliphatic carbocycles. The SMILES string of the molecule is Cc1n(CCCCS(=O)(=O)Cl)cc[n+]1C. The summed E-state index contributed by atoms with van der Waals surface area (Å²) in [6.45, 7) is 2.86. The second-order valence-corrected chi connectivity index (χ2v) is 6.50. The average molecular weight is 252 g/mol. The van der Waals surface area contributed by atoms with Crippen molar-refractivity contribution in [3.05, 3.63) is 18.2 Å². The number of nitrogens with zero attached hydrogens (tertiary/aromatic N) is 2. The van der Waals surface area contributed by atoms with E-state index in [1.165, 1.54) is 0 Å². The highest BCUT2D eigenvalue weighted by atomic mass is 35.7. The Labute approximate surface area is 94.9 Å². The predicted molar refractivity (Wildman–Crippen MR) is 59.2 cm³/mol. The normalized spacial score (nSPS) is 11.9. The largest absolute Gasteiger partial charge is 0.253 e. The maximum atomic E-state index is 10.7. The monoisotopic (exact) mass is 251 g/mol. The molecule has 1 aromatic rings. The third kappa shape index (κ3) is 4.22. The van der Waals surface area contributed by atoms with Gasteiger partial charge in [0.1, 0.15) is 12.4 Å². The lowest BCUT2D eigenvalue weighted by Gasteiger charge is -1.98. The Kier molecular flexibility index (Phi) is 4.16. The first-order valence-corrected chi connectivity index (χ1v) is 7.32. The number of hydrogen-bond acceptors (Lipinski definition) is 2. The molecule has 0 atom stereocenters. The maximum absolute atomic E-state index is 10.7. The molecule has 1 rings (SSSR count). The van der Waals surface area contributed by atoms with Crippen LogP contribution >= 0.6 is 10.7 Å². The number of hydrogen-bond donors (Lipinski definition) is 0. The first kappa shape index (κ1) is 12.5. The van der Waals surface area contributed by atoms with Gasteiger partial charge in [0.15, 0.2) is 0 Å². The van der Waals surface area contributed by atoms with Crippen molar-refractivity contribution in [2.45, 2.75) is 26.3 Å². The van der Waals surface area contributed by atoms with Crippen molar-refractivity contribution in [3.63, 3.8) is 0 Å². The van der Waals surface area contributed by atoms with E-state index in [-0.39, 0.29) is 5.75 Å². The Morgan fingerprint density at radius 2 is 2.13 bits per heavy atom. The highest BCUT2D eigenvalue weighted by molar-refractivity contribution is 8.13. The topological polar surface area (TPSA) is 43.0 Å². The molecule has 0 saturated heterocycles. The molecule has 0 unspecified atom stereocenters. The van der Waals surface area contributed by atoms with Crippen molar-refractivity contribution >= 4 is 19.7 Å². The summed E-state index contributed by atoms with van der Waals surface area (Å²) in [7, 11) is 3.77. The number of halogens is 1. The number of aryl methyl sites for hydroxylation is 2. The highest BCUT2D eigenvalue weighted by Gasteiger charge is 2.09. The second-order valence-electron chi connectivity index (χ2n) is 3.60. The van der Waals surface area contributed by atoms with Gasteiger partial charge >= 0.3 is 0 Å². The van der Waals surface area contributed by atoms with E-state index in [1.807, 2.05) is 30.9 Å². The van der Waals surface area contributed by atoms with E-state index in [0.717, 1.165) is 18.8 Å². The van der Waals surface area contributed by atoms with Gasteiger partial charge in [0, 0.05) is 17.6 Å². The Hall–Kier alpha value is -0.550. The summed E-state index contributed by atoms with van der Waals surface area (Å²) < 4.78 is 25.5. The van der Waals surface area contributed by atoms with Gasteiger partial charge in [-0.05, 0) is 12.8 Å². The molecule has 0 fully saturated rings. The van der Waals surface area contributed by atoms with Gasteiger partial charge in [-0.25, -0.2) is 17.6 Å². The highest BCUT2D eigenvalue weighted by Crippen LogP contribution is 2.04. The van der Waals surface area contributed by atoms with E-state index in [1.54, 1.807) is 0 Å². The van der Waals surface area contributed by atoms with Gasteiger partial charge in [-0.1, -0.05) is 0 Å². The minimum absolute atomic E-state index is 0.0565. The molecule has 0 saturated carbocycles. The Morgan fingerprint density at radius 1 is 1.47 bits per heavy atom. The van der Waals surface area contributed by atoms with Gasteiger partial charge in [0.2, 0.25) is 9.05 Å². The van der Waals surface area contributed by atoms with Gasteiger partial charge in [0.05, 0.1) is 19.3 Å². The van der Waals surface area contributed by atoms with Crippen molar-refractivity contribution < 1.29 is 13.0 Å². The minimum Gasteiger partial charge on any atom is -0.237 e. The van der Waals surface area contributed by atoms with Gasteiger partial charge < -0.3 is 0 Å². The summed E-state index contributed by atoms with van der Waals surface area (Å²) in [6, 6.07) is 0. The van der Waals surface area contributed by atoms with Crippen molar-refractivity contribution in [2.24, 2.45) is 7.05 Å². The number of aromatic nitrogens is 2. The molecule has 0 spiro atoms. The molecular weight excluding hydrogens is 236 g/mol. The van der Waals surface area contributed by atoms with Gasteiger partial charge in [-0.3, -0.25) is 0 Å². The molecule has 0 amide bonds. The fraction of sp³-hybridized carbons (Fsp3) is 0.667. The fourth-order valence-corrected chi connectivity index (χ4v) is 2.27. The van der Waals surface area contributed by atoms with E-state index in [4.69, 9.17) is 10.7 Å². The summed E-state index contributed by atoms with van der Waals surface area (Å²) in [5.41, 5.74) is 0. The molecule has 0 bridgehead atoms. The van der Waals surface area contributed by atoms with E-state index in [2.05, 4.69) is 4.57 Å².